The van der Waals surface area contributed by atoms with E-state index < -0.39 is 0 Å². The number of nitrogens with zero attached hydrogens (tertiary/aromatic N) is 3. The van der Waals surface area contributed by atoms with Crippen LogP contribution in [0.5, 0.6) is 0 Å². The molecule has 10 rings (SSSR count). The Balaban J connectivity index is 1.21. The number of para-hydroxylation sites is 2. The maximum atomic E-state index is 6.34. The number of pyridine rings is 1. The second-order valence-electron chi connectivity index (χ2n) is 12.4. The zero-order chi connectivity index (χ0) is 32.3. The number of aromatic nitrogens is 2. The Bertz CT molecular complexity index is 2820. The molecule has 49 heavy (non-hydrogen) atoms. The topological polar surface area (TPSA) is 34.2 Å². The zero-order valence-electron chi connectivity index (χ0n) is 26.5. The first kappa shape index (κ1) is 27.5. The summed E-state index contributed by atoms with van der Waals surface area (Å²) in [6.07, 6.45) is 1.87. The highest BCUT2D eigenvalue weighted by atomic mass is 16.3. The summed E-state index contributed by atoms with van der Waals surface area (Å²) >= 11 is 0. The van der Waals surface area contributed by atoms with Gasteiger partial charge in [0.05, 0.1) is 17.2 Å². The molecule has 0 amide bonds. The molecule has 3 aromatic heterocycles. The van der Waals surface area contributed by atoms with Crippen LogP contribution < -0.4 is 4.90 Å². The van der Waals surface area contributed by atoms with Gasteiger partial charge >= 0.3 is 0 Å². The van der Waals surface area contributed by atoms with Crippen LogP contribution in [-0.4, -0.2) is 9.55 Å². The van der Waals surface area contributed by atoms with Crippen LogP contribution in [0.25, 0.3) is 71.3 Å². The van der Waals surface area contributed by atoms with Crippen molar-refractivity contribution in [3.8, 4) is 16.8 Å². The Labute approximate surface area is 282 Å². The van der Waals surface area contributed by atoms with Crippen molar-refractivity contribution in [2.45, 2.75) is 0 Å². The van der Waals surface area contributed by atoms with Crippen LogP contribution in [0.2, 0.25) is 0 Å². The van der Waals surface area contributed by atoms with Crippen molar-refractivity contribution in [1.29, 1.82) is 0 Å². The fourth-order valence-corrected chi connectivity index (χ4v) is 7.37. The van der Waals surface area contributed by atoms with Crippen molar-refractivity contribution in [2.75, 3.05) is 4.90 Å². The Morgan fingerprint density at radius 1 is 0.469 bits per heavy atom. The maximum absolute atomic E-state index is 6.34. The predicted octanol–water partition coefficient (Wildman–Crippen LogP) is 12.4. The van der Waals surface area contributed by atoms with Crippen molar-refractivity contribution in [2.24, 2.45) is 0 Å². The van der Waals surface area contributed by atoms with E-state index in [4.69, 9.17) is 9.40 Å². The highest BCUT2D eigenvalue weighted by molar-refractivity contribution is 6.19. The molecule has 10 aromatic rings. The van der Waals surface area contributed by atoms with Crippen LogP contribution in [-0.2, 0) is 0 Å². The van der Waals surface area contributed by atoms with E-state index in [0.29, 0.717) is 0 Å². The average Bonchev–Trinajstić information content (AvgIpc) is 3.71. The molecule has 0 bridgehead atoms. The van der Waals surface area contributed by atoms with Gasteiger partial charge < -0.3 is 8.98 Å². The van der Waals surface area contributed by atoms with Crippen LogP contribution in [0.1, 0.15) is 0 Å². The van der Waals surface area contributed by atoms with Gasteiger partial charge in [0.2, 0.25) is 0 Å². The number of furan rings is 1. The van der Waals surface area contributed by atoms with Gasteiger partial charge in [-0.2, -0.15) is 0 Å². The molecule has 4 nitrogen and oxygen atoms in total. The van der Waals surface area contributed by atoms with Gasteiger partial charge in [0.1, 0.15) is 11.4 Å². The lowest BCUT2D eigenvalue weighted by molar-refractivity contribution is 0.667. The van der Waals surface area contributed by atoms with Gasteiger partial charge in [-0.1, -0.05) is 109 Å². The van der Waals surface area contributed by atoms with Gasteiger partial charge in [0, 0.05) is 38.6 Å². The van der Waals surface area contributed by atoms with Gasteiger partial charge in [-0.3, -0.25) is 4.90 Å². The first-order chi connectivity index (χ1) is 24.3. The SMILES string of the molecule is c1ccc(-c2ccc(N(c3ccc4c(c3)c3ccccc3n4-c3ccccc3)c3cc4c(cn3)oc3ccc5ccccc5c34)cc2)cc1. The van der Waals surface area contributed by atoms with Crippen molar-refractivity contribution < 1.29 is 4.42 Å². The molecule has 4 heteroatoms. The summed E-state index contributed by atoms with van der Waals surface area (Å²) in [6, 6.07) is 60.1. The second kappa shape index (κ2) is 11.0. The third-order valence-corrected chi connectivity index (χ3v) is 9.62. The lowest BCUT2D eigenvalue weighted by atomic mass is 10.0. The molecule has 0 aliphatic carbocycles. The summed E-state index contributed by atoms with van der Waals surface area (Å²) < 4.78 is 8.69. The summed E-state index contributed by atoms with van der Waals surface area (Å²) in [7, 11) is 0. The van der Waals surface area contributed by atoms with E-state index in [2.05, 4.69) is 179 Å². The minimum Gasteiger partial charge on any atom is -0.454 e. The molecular formula is C45H29N3O. The number of benzene rings is 7. The molecule has 230 valence electrons. The van der Waals surface area contributed by atoms with E-state index in [1.807, 2.05) is 6.20 Å². The Morgan fingerprint density at radius 2 is 1.14 bits per heavy atom. The standard InChI is InChI=1S/C45H29N3O/c1-3-11-30(12-4-1)31-19-22-34(23-20-31)47(44-28-39-43(29-46-44)49-42-26-21-32-13-7-8-16-36(32)45(39)42)35-24-25-41-38(27-35)37-17-9-10-18-40(37)48(41)33-14-5-2-6-15-33/h1-29H. The molecule has 0 saturated heterocycles. The number of rotatable bonds is 5. The lowest BCUT2D eigenvalue weighted by Crippen LogP contribution is -2.11. The fourth-order valence-electron chi connectivity index (χ4n) is 7.37. The van der Waals surface area contributed by atoms with E-state index in [9.17, 15) is 0 Å². The molecule has 0 aliphatic rings. The number of hydrogen-bond acceptors (Lipinski definition) is 3. The second-order valence-corrected chi connectivity index (χ2v) is 12.4. The Morgan fingerprint density at radius 3 is 1.98 bits per heavy atom. The Kier molecular flexibility index (Phi) is 6.15. The minimum absolute atomic E-state index is 0.774. The molecule has 0 aliphatic heterocycles. The summed E-state index contributed by atoms with van der Waals surface area (Å²) in [5, 5.41) is 6.90. The summed E-state index contributed by atoms with van der Waals surface area (Å²) in [4.78, 5) is 7.29. The summed E-state index contributed by atoms with van der Waals surface area (Å²) in [6.45, 7) is 0. The predicted molar refractivity (Wildman–Crippen MR) is 203 cm³/mol. The van der Waals surface area contributed by atoms with Gasteiger partial charge in [-0.05, 0) is 82.6 Å². The highest BCUT2D eigenvalue weighted by Gasteiger charge is 2.20. The smallest absolute Gasteiger partial charge is 0.153 e. The van der Waals surface area contributed by atoms with Crippen LogP contribution in [0.4, 0.5) is 17.2 Å². The van der Waals surface area contributed by atoms with Gasteiger partial charge in [-0.25, -0.2) is 4.98 Å². The van der Waals surface area contributed by atoms with E-state index in [1.165, 1.54) is 38.2 Å². The summed E-state index contributed by atoms with van der Waals surface area (Å²) in [5.41, 5.74) is 9.52. The molecule has 0 radical (unpaired) electrons. The van der Waals surface area contributed by atoms with E-state index >= 15 is 0 Å². The first-order valence-electron chi connectivity index (χ1n) is 16.5. The molecular weight excluding hydrogens is 599 g/mol. The molecule has 0 spiro atoms. The third-order valence-electron chi connectivity index (χ3n) is 9.62. The molecule has 0 atom stereocenters. The van der Waals surface area contributed by atoms with Crippen molar-refractivity contribution >= 4 is 71.7 Å². The van der Waals surface area contributed by atoms with Crippen molar-refractivity contribution in [1.82, 2.24) is 9.55 Å². The van der Waals surface area contributed by atoms with Gasteiger partial charge in [0.15, 0.2) is 5.58 Å². The monoisotopic (exact) mass is 627 g/mol. The van der Waals surface area contributed by atoms with Crippen molar-refractivity contribution in [3.05, 3.63) is 176 Å². The minimum atomic E-state index is 0.774. The maximum Gasteiger partial charge on any atom is 0.153 e. The van der Waals surface area contributed by atoms with Crippen molar-refractivity contribution in [3.63, 3.8) is 0 Å². The van der Waals surface area contributed by atoms with E-state index in [0.717, 1.165) is 50.3 Å². The molecule has 3 heterocycles. The lowest BCUT2D eigenvalue weighted by Gasteiger charge is -2.25. The normalized spacial score (nSPS) is 11.7. The fraction of sp³-hybridized carbons (Fsp3) is 0. The summed E-state index contributed by atoms with van der Waals surface area (Å²) in [5.74, 6) is 0.821. The quantitative estimate of drug-likeness (QED) is 0.190. The third kappa shape index (κ3) is 4.42. The number of fused-ring (bicyclic) bond motifs is 8. The van der Waals surface area contributed by atoms with Crippen LogP contribution in [0, 0.1) is 0 Å². The molecule has 0 unspecified atom stereocenters. The molecule has 0 N–H and O–H groups in total. The first-order valence-corrected chi connectivity index (χ1v) is 16.5. The largest absolute Gasteiger partial charge is 0.454 e. The molecule has 0 fully saturated rings. The molecule has 0 saturated carbocycles. The van der Waals surface area contributed by atoms with Crippen LogP contribution in [0.15, 0.2) is 180 Å². The molecule has 7 aromatic carbocycles. The highest BCUT2D eigenvalue weighted by Crippen LogP contribution is 2.42. The number of anilines is 3. The number of hydrogen-bond donors (Lipinski definition) is 0. The van der Waals surface area contributed by atoms with Crippen LogP contribution >= 0.6 is 0 Å². The zero-order valence-corrected chi connectivity index (χ0v) is 26.5. The average molecular weight is 628 g/mol. The van der Waals surface area contributed by atoms with Crippen LogP contribution in [0.3, 0.4) is 0 Å². The van der Waals surface area contributed by atoms with Gasteiger partial charge in [-0.15, -0.1) is 0 Å². The van der Waals surface area contributed by atoms with E-state index in [-0.39, 0.29) is 0 Å². The Hall–Kier alpha value is -6.65. The van der Waals surface area contributed by atoms with Gasteiger partial charge in [0.25, 0.3) is 0 Å². The van der Waals surface area contributed by atoms with E-state index in [1.54, 1.807) is 0 Å².